The zero-order valence-corrected chi connectivity index (χ0v) is 13.5. The highest BCUT2D eigenvalue weighted by Crippen LogP contribution is 2.40. The molecule has 1 atom stereocenters. The number of nitrogens with zero attached hydrogens (tertiary/aromatic N) is 1. The van der Waals surface area contributed by atoms with Gasteiger partial charge >= 0.3 is 0 Å². The van der Waals surface area contributed by atoms with Crippen molar-refractivity contribution < 1.29 is 0 Å². The molecule has 1 N–H and O–H groups in total. The van der Waals surface area contributed by atoms with Crippen LogP contribution >= 0.6 is 23.2 Å². The summed E-state index contributed by atoms with van der Waals surface area (Å²) < 4.78 is 0. The van der Waals surface area contributed by atoms with Crippen LogP contribution in [0.1, 0.15) is 25.3 Å². The van der Waals surface area contributed by atoms with Gasteiger partial charge in [0.1, 0.15) is 0 Å². The summed E-state index contributed by atoms with van der Waals surface area (Å²) in [6.45, 7) is 6.84. The Kier molecular flexibility index (Phi) is 4.28. The van der Waals surface area contributed by atoms with Crippen LogP contribution in [0.2, 0.25) is 10.0 Å². The maximum atomic E-state index is 6.25. The van der Waals surface area contributed by atoms with Crippen LogP contribution in [-0.4, -0.2) is 36.6 Å². The number of halogens is 2. The fourth-order valence-electron chi connectivity index (χ4n) is 3.29. The lowest BCUT2D eigenvalue weighted by molar-refractivity contribution is 0.128. The van der Waals surface area contributed by atoms with Gasteiger partial charge in [-0.25, -0.2) is 0 Å². The zero-order valence-electron chi connectivity index (χ0n) is 12.0. The zero-order chi connectivity index (χ0) is 14.2. The molecule has 3 rings (SSSR count). The van der Waals surface area contributed by atoms with Gasteiger partial charge in [-0.05, 0) is 49.8 Å². The molecule has 2 aliphatic rings. The Morgan fingerprint density at radius 1 is 1.35 bits per heavy atom. The Balaban J connectivity index is 1.57. The summed E-state index contributed by atoms with van der Waals surface area (Å²) in [6, 6.07) is 5.81. The van der Waals surface area contributed by atoms with E-state index in [1.165, 1.54) is 18.4 Å². The molecule has 0 radical (unpaired) electrons. The fourth-order valence-corrected chi connectivity index (χ4v) is 3.79. The number of nitrogens with one attached hydrogen (secondary N) is 1. The van der Waals surface area contributed by atoms with Gasteiger partial charge in [-0.15, -0.1) is 0 Å². The first-order chi connectivity index (χ1) is 9.57. The molecule has 1 unspecified atom stereocenters. The first kappa shape index (κ1) is 14.6. The highest BCUT2D eigenvalue weighted by molar-refractivity contribution is 6.35. The summed E-state index contributed by atoms with van der Waals surface area (Å²) in [5.74, 6) is 0.879. The van der Waals surface area contributed by atoms with Crippen LogP contribution in [0.25, 0.3) is 0 Å². The van der Waals surface area contributed by atoms with Crippen LogP contribution in [0.15, 0.2) is 18.2 Å². The van der Waals surface area contributed by atoms with E-state index in [1.807, 2.05) is 18.2 Å². The van der Waals surface area contributed by atoms with E-state index in [0.717, 1.165) is 43.5 Å². The molecule has 0 spiro atoms. The lowest BCUT2D eigenvalue weighted by Gasteiger charge is -2.42. The first-order valence-electron chi connectivity index (χ1n) is 7.48. The summed E-state index contributed by atoms with van der Waals surface area (Å²) >= 11 is 12.2. The molecular formula is C16H22Cl2N2. The van der Waals surface area contributed by atoms with Crippen molar-refractivity contribution >= 4 is 23.2 Å². The standard InChI is InChI=1S/C16H22Cl2N2/c1-16(13-3-4-13)11-20(9-7-19-16)8-6-12-2-5-14(17)10-15(12)18/h2,5,10,13,19H,3-4,6-9,11H2,1H3. The highest BCUT2D eigenvalue weighted by Gasteiger charge is 2.43. The third kappa shape index (κ3) is 3.30. The largest absolute Gasteiger partial charge is 0.309 e. The van der Waals surface area contributed by atoms with E-state index in [2.05, 4.69) is 17.1 Å². The van der Waals surface area contributed by atoms with Crippen molar-refractivity contribution in [2.45, 2.75) is 31.7 Å². The van der Waals surface area contributed by atoms with Gasteiger partial charge in [0.15, 0.2) is 0 Å². The highest BCUT2D eigenvalue weighted by atomic mass is 35.5. The van der Waals surface area contributed by atoms with Crippen molar-refractivity contribution in [2.24, 2.45) is 5.92 Å². The van der Waals surface area contributed by atoms with E-state index in [1.54, 1.807) is 0 Å². The Hall–Kier alpha value is -0.280. The van der Waals surface area contributed by atoms with Crippen molar-refractivity contribution in [3.05, 3.63) is 33.8 Å². The minimum Gasteiger partial charge on any atom is -0.309 e. The van der Waals surface area contributed by atoms with E-state index in [4.69, 9.17) is 23.2 Å². The van der Waals surface area contributed by atoms with E-state index < -0.39 is 0 Å². The molecule has 1 aromatic carbocycles. The average Bonchev–Trinajstić information content (AvgIpc) is 3.22. The van der Waals surface area contributed by atoms with Crippen molar-refractivity contribution in [1.82, 2.24) is 10.2 Å². The normalized spacial score (nSPS) is 27.8. The van der Waals surface area contributed by atoms with Gasteiger partial charge in [-0.2, -0.15) is 0 Å². The molecule has 0 aromatic heterocycles. The maximum absolute atomic E-state index is 6.25. The fraction of sp³-hybridized carbons (Fsp3) is 0.625. The number of piperazine rings is 1. The van der Waals surface area contributed by atoms with Gasteiger partial charge in [0, 0.05) is 41.8 Å². The molecule has 2 nitrogen and oxygen atoms in total. The van der Waals surface area contributed by atoms with Crippen LogP contribution in [0.4, 0.5) is 0 Å². The number of rotatable bonds is 4. The minimum atomic E-state index is 0.321. The second kappa shape index (κ2) is 5.84. The molecule has 20 heavy (non-hydrogen) atoms. The van der Waals surface area contributed by atoms with Crippen molar-refractivity contribution in [3.8, 4) is 0 Å². The van der Waals surface area contributed by atoms with E-state index >= 15 is 0 Å². The Labute approximate surface area is 131 Å². The number of hydrogen-bond acceptors (Lipinski definition) is 2. The monoisotopic (exact) mass is 312 g/mol. The first-order valence-corrected chi connectivity index (χ1v) is 8.24. The predicted octanol–water partition coefficient (Wildman–Crippen LogP) is 3.61. The molecule has 110 valence electrons. The van der Waals surface area contributed by atoms with Crippen molar-refractivity contribution in [2.75, 3.05) is 26.2 Å². The SMILES string of the molecule is CC1(C2CC2)CN(CCc2ccc(Cl)cc2Cl)CCN1. The summed E-state index contributed by atoms with van der Waals surface area (Å²) in [5, 5.41) is 5.22. The van der Waals surface area contributed by atoms with Gasteiger partial charge in [0.05, 0.1) is 0 Å². The molecule has 2 fully saturated rings. The Morgan fingerprint density at radius 3 is 2.85 bits per heavy atom. The third-order valence-corrected chi connectivity index (χ3v) is 5.29. The summed E-state index contributed by atoms with van der Waals surface area (Å²) in [7, 11) is 0. The number of hydrogen-bond donors (Lipinski definition) is 1. The third-order valence-electron chi connectivity index (χ3n) is 4.70. The second-order valence-electron chi connectivity index (χ2n) is 6.38. The molecule has 4 heteroatoms. The maximum Gasteiger partial charge on any atom is 0.0453 e. The molecule has 1 aromatic rings. The Bertz CT molecular complexity index is 487. The van der Waals surface area contributed by atoms with Gasteiger partial charge in [-0.1, -0.05) is 29.3 Å². The molecule has 1 aliphatic heterocycles. The number of benzene rings is 1. The van der Waals surface area contributed by atoms with Gasteiger partial charge < -0.3 is 5.32 Å². The van der Waals surface area contributed by atoms with Crippen molar-refractivity contribution in [3.63, 3.8) is 0 Å². The van der Waals surface area contributed by atoms with E-state index in [9.17, 15) is 0 Å². The molecule has 1 heterocycles. The lowest BCUT2D eigenvalue weighted by Crippen LogP contribution is -2.60. The van der Waals surface area contributed by atoms with Crippen LogP contribution in [0.5, 0.6) is 0 Å². The van der Waals surface area contributed by atoms with E-state index in [0.29, 0.717) is 10.6 Å². The second-order valence-corrected chi connectivity index (χ2v) is 7.22. The van der Waals surface area contributed by atoms with E-state index in [-0.39, 0.29) is 0 Å². The minimum absolute atomic E-state index is 0.321. The van der Waals surface area contributed by atoms with Gasteiger partial charge in [-0.3, -0.25) is 4.90 Å². The average molecular weight is 313 g/mol. The van der Waals surface area contributed by atoms with Crippen LogP contribution in [0, 0.1) is 5.92 Å². The van der Waals surface area contributed by atoms with Crippen LogP contribution < -0.4 is 5.32 Å². The molecule has 0 bridgehead atoms. The van der Waals surface area contributed by atoms with Gasteiger partial charge in [0.2, 0.25) is 0 Å². The Morgan fingerprint density at radius 2 is 2.15 bits per heavy atom. The van der Waals surface area contributed by atoms with Crippen molar-refractivity contribution in [1.29, 1.82) is 0 Å². The lowest BCUT2D eigenvalue weighted by atomic mass is 9.93. The summed E-state index contributed by atoms with van der Waals surface area (Å²) in [4.78, 5) is 2.57. The molecule has 1 saturated carbocycles. The summed E-state index contributed by atoms with van der Waals surface area (Å²) in [5.41, 5.74) is 1.52. The molecule has 1 saturated heterocycles. The van der Waals surface area contributed by atoms with Crippen LogP contribution in [-0.2, 0) is 6.42 Å². The van der Waals surface area contributed by atoms with Crippen LogP contribution in [0.3, 0.4) is 0 Å². The molecule has 1 aliphatic carbocycles. The molecular weight excluding hydrogens is 291 g/mol. The smallest absolute Gasteiger partial charge is 0.0453 e. The topological polar surface area (TPSA) is 15.3 Å². The molecule has 0 amide bonds. The van der Waals surface area contributed by atoms with Gasteiger partial charge in [0.25, 0.3) is 0 Å². The predicted molar refractivity (Wildman–Crippen MR) is 85.7 cm³/mol. The summed E-state index contributed by atoms with van der Waals surface area (Å²) in [6.07, 6.45) is 3.78. The quantitative estimate of drug-likeness (QED) is 0.913.